The van der Waals surface area contributed by atoms with Gasteiger partial charge in [0.05, 0.1) is 12.0 Å². The number of aryl methyl sites for hydroxylation is 1. The smallest absolute Gasteiger partial charge is 0.0951 e. The number of benzene rings is 1. The molecule has 4 nitrogen and oxygen atoms in total. The number of aromatic nitrogens is 4. The summed E-state index contributed by atoms with van der Waals surface area (Å²) in [4.78, 5) is 4.40. The molecule has 0 bridgehead atoms. The van der Waals surface area contributed by atoms with Gasteiger partial charge < -0.3 is 4.57 Å². The Morgan fingerprint density at radius 1 is 1.04 bits per heavy atom. The summed E-state index contributed by atoms with van der Waals surface area (Å²) in [6.07, 6.45) is 6.80. The molecule has 0 spiro atoms. The van der Waals surface area contributed by atoms with Gasteiger partial charge >= 0.3 is 0 Å². The third-order valence-corrected chi connectivity index (χ3v) is 4.71. The minimum Gasteiger partial charge on any atom is -0.330 e. The molecule has 2 heterocycles. The normalized spacial score (nSPS) is 11.4. The highest BCUT2D eigenvalue weighted by Crippen LogP contribution is 2.23. The molecule has 0 radical (unpaired) electrons. The van der Waals surface area contributed by atoms with Gasteiger partial charge in [-0.15, -0.1) is 0 Å². The van der Waals surface area contributed by atoms with Gasteiger partial charge in [0.1, 0.15) is 0 Å². The molecule has 0 aliphatic rings. The predicted molar refractivity (Wildman–Crippen MR) is 102 cm³/mol. The molecule has 4 heteroatoms. The Kier molecular flexibility index (Phi) is 5.37. The second-order valence-electron chi connectivity index (χ2n) is 6.79. The first-order valence-corrected chi connectivity index (χ1v) is 9.26. The van der Waals surface area contributed by atoms with Crippen LogP contribution >= 0.6 is 0 Å². The van der Waals surface area contributed by atoms with Crippen molar-refractivity contribution in [1.29, 1.82) is 0 Å². The van der Waals surface area contributed by atoms with Crippen molar-refractivity contribution in [2.24, 2.45) is 0 Å². The van der Waals surface area contributed by atoms with E-state index in [0.29, 0.717) is 6.04 Å². The Balaban J connectivity index is 1.92. The van der Waals surface area contributed by atoms with E-state index in [1.807, 2.05) is 12.5 Å². The van der Waals surface area contributed by atoms with Crippen LogP contribution in [0.15, 0.2) is 42.9 Å². The van der Waals surface area contributed by atoms with Crippen molar-refractivity contribution in [2.75, 3.05) is 0 Å². The summed E-state index contributed by atoms with van der Waals surface area (Å²) in [6, 6.07) is 10.9. The van der Waals surface area contributed by atoms with Crippen LogP contribution < -0.4 is 0 Å². The molecule has 3 rings (SSSR count). The summed E-state index contributed by atoms with van der Waals surface area (Å²) in [7, 11) is 0. The van der Waals surface area contributed by atoms with Gasteiger partial charge in [0.2, 0.25) is 0 Å². The molecule has 2 aromatic heterocycles. The van der Waals surface area contributed by atoms with Crippen molar-refractivity contribution in [3.05, 3.63) is 71.1 Å². The number of imidazole rings is 1. The fraction of sp³-hybridized carbons (Fsp3) is 0.429. The third-order valence-electron chi connectivity index (χ3n) is 4.71. The molecular weight excluding hydrogens is 308 g/mol. The molecule has 25 heavy (non-hydrogen) atoms. The number of nitrogens with zero attached hydrogens (tertiary/aromatic N) is 4. The minimum atomic E-state index is 0.392. The lowest BCUT2D eigenvalue weighted by atomic mass is 10.0. The zero-order valence-corrected chi connectivity index (χ0v) is 15.7. The maximum Gasteiger partial charge on any atom is 0.0951 e. The molecular formula is C21H28N4. The van der Waals surface area contributed by atoms with Crippen molar-refractivity contribution < 1.29 is 0 Å². The van der Waals surface area contributed by atoms with E-state index in [2.05, 4.69) is 72.3 Å². The highest BCUT2D eigenvalue weighted by atomic mass is 15.3. The van der Waals surface area contributed by atoms with Crippen molar-refractivity contribution in [2.45, 2.75) is 59.5 Å². The second-order valence-corrected chi connectivity index (χ2v) is 6.79. The van der Waals surface area contributed by atoms with E-state index in [1.165, 1.54) is 28.2 Å². The molecule has 0 saturated carbocycles. The Morgan fingerprint density at radius 2 is 1.80 bits per heavy atom. The average Bonchev–Trinajstić information content (AvgIpc) is 3.20. The molecule has 0 saturated heterocycles. The molecule has 0 N–H and O–H groups in total. The van der Waals surface area contributed by atoms with Gasteiger partial charge in [-0.1, -0.05) is 44.2 Å². The van der Waals surface area contributed by atoms with Gasteiger partial charge in [-0.2, -0.15) is 5.10 Å². The predicted octanol–water partition coefficient (Wildman–Crippen LogP) is 4.42. The quantitative estimate of drug-likeness (QED) is 0.640. The van der Waals surface area contributed by atoms with E-state index < -0.39 is 0 Å². The van der Waals surface area contributed by atoms with Crippen LogP contribution in [-0.4, -0.2) is 19.3 Å². The van der Waals surface area contributed by atoms with E-state index in [0.717, 1.165) is 25.8 Å². The van der Waals surface area contributed by atoms with Crippen LogP contribution in [0.3, 0.4) is 0 Å². The lowest BCUT2D eigenvalue weighted by Crippen LogP contribution is -2.09. The first kappa shape index (κ1) is 17.5. The fourth-order valence-corrected chi connectivity index (χ4v) is 3.45. The molecule has 0 aliphatic heterocycles. The van der Waals surface area contributed by atoms with Gasteiger partial charge in [-0.3, -0.25) is 4.68 Å². The van der Waals surface area contributed by atoms with Crippen LogP contribution in [0.5, 0.6) is 0 Å². The summed E-state index contributed by atoms with van der Waals surface area (Å²) in [5, 5.41) is 4.88. The molecule has 0 aliphatic carbocycles. The molecule has 0 amide bonds. The number of hydrogen-bond acceptors (Lipinski definition) is 2. The van der Waals surface area contributed by atoms with Crippen LogP contribution in [0.4, 0.5) is 0 Å². The van der Waals surface area contributed by atoms with Crippen molar-refractivity contribution in [3.63, 3.8) is 0 Å². The highest BCUT2D eigenvalue weighted by Gasteiger charge is 2.18. The molecule has 0 atom stereocenters. The van der Waals surface area contributed by atoms with E-state index in [9.17, 15) is 0 Å². The fourth-order valence-electron chi connectivity index (χ4n) is 3.45. The second kappa shape index (κ2) is 7.68. The summed E-state index contributed by atoms with van der Waals surface area (Å²) < 4.78 is 4.45. The zero-order chi connectivity index (χ0) is 17.8. The Bertz CT molecular complexity index is 812. The molecule has 132 valence electrons. The monoisotopic (exact) mass is 336 g/mol. The van der Waals surface area contributed by atoms with Gasteiger partial charge in [-0.25, -0.2) is 4.98 Å². The van der Waals surface area contributed by atoms with Crippen molar-refractivity contribution in [1.82, 2.24) is 19.3 Å². The minimum absolute atomic E-state index is 0.392. The topological polar surface area (TPSA) is 35.6 Å². The van der Waals surface area contributed by atoms with Crippen molar-refractivity contribution >= 4 is 0 Å². The molecule has 1 aromatic carbocycles. The maximum absolute atomic E-state index is 4.88. The standard InChI is InChI=1S/C21H28N4/c1-5-20-19(21(6-2)25(23-20)16(3)4)12-18-13-22-15-24(18)14-17-10-8-7-9-11-17/h7-11,13,15-16H,5-6,12,14H2,1-4H3. The Hall–Kier alpha value is -2.36. The largest absolute Gasteiger partial charge is 0.330 e. The molecule has 0 unspecified atom stereocenters. The number of hydrogen-bond donors (Lipinski definition) is 0. The van der Waals surface area contributed by atoms with Crippen LogP contribution in [0, 0.1) is 0 Å². The lowest BCUT2D eigenvalue weighted by molar-refractivity contribution is 0.506. The van der Waals surface area contributed by atoms with Gasteiger partial charge in [-0.05, 0) is 32.3 Å². The van der Waals surface area contributed by atoms with E-state index >= 15 is 0 Å². The average molecular weight is 336 g/mol. The maximum atomic E-state index is 4.88. The summed E-state index contributed by atoms with van der Waals surface area (Å²) >= 11 is 0. The van der Waals surface area contributed by atoms with Crippen molar-refractivity contribution in [3.8, 4) is 0 Å². The van der Waals surface area contributed by atoms with E-state index in [-0.39, 0.29) is 0 Å². The summed E-state index contributed by atoms with van der Waals surface area (Å²) in [6.45, 7) is 9.68. The summed E-state index contributed by atoms with van der Waals surface area (Å²) in [5.41, 5.74) is 6.51. The van der Waals surface area contributed by atoms with E-state index in [4.69, 9.17) is 5.10 Å². The SMILES string of the molecule is CCc1nn(C(C)C)c(CC)c1Cc1cncn1Cc1ccccc1. The van der Waals surface area contributed by atoms with Crippen LogP contribution in [-0.2, 0) is 25.8 Å². The lowest BCUT2D eigenvalue weighted by Gasteiger charge is -2.12. The first-order chi connectivity index (χ1) is 12.1. The van der Waals surface area contributed by atoms with E-state index in [1.54, 1.807) is 0 Å². The van der Waals surface area contributed by atoms with Gasteiger partial charge in [0.15, 0.2) is 0 Å². The van der Waals surface area contributed by atoms with Crippen LogP contribution in [0.1, 0.15) is 61.9 Å². The Labute approximate surface area is 150 Å². The first-order valence-electron chi connectivity index (χ1n) is 9.26. The van der Waals surface area contributed by atoms with Crippen LogP contribution in [0.2, 0.25) is 0 Å². The van der Waals surface area contributed by atoms with Crippen LogP contribution in [0.25, 0.3) is 0 Å². The summed E-state index contributed by atoms with van der Waals surface area (Å²) in [5.74, 6) is 0. The molecule has 0 fully saturated rings. The zero-order valence-electron chi connectivity index (χ0n) is 15.7. The van der Waals surface area contributed by atoms with Gasteiger partial charge in [0, 0.05) is 42.2 Å². The van der Waals surface area contributed by atoms with Gasteiger partial charge in [0.25, 0.3) is 0 Å². The Morgan fingerprint density at radius 3 is 2.44 bits per heavy atom. The molecule has 3 aromatic rings. The number of rotatable bonds is 7. The highest BCUT2D eigenvalue weighted by molar-refractivity contribution is 5.31. The third kappa shape index (κ3) is 3.68.